The molecule has 0 fully saturated rings. The lowest BCUT2D eigenvalue weighted by Gasteiger charge is -2.09. The van der Waals surface area contributed by atoms with E-state index in [0.29, 0.717) is 29.1 Å². The molecule has 0 unspecified atom stereocenters. The van der Waals surface area contributed by atoms with Crippen molar-refractivity contribution in [2.45, 2.75) is 13.2 Å². The van der Waals surface area contributed by atoms with Crippen molar-refractivity contribution in [1.82, 2.24) is 9.97 Å². The van der Waals surface area contributed by atoms with Gasteiger partial charge in [-0.15, -0.1) is 0 Å². The molecule has 1 N–H and O–H groups in total. The van der Waals surface area contributed by atoms with Crippen LogP contribution in [0.15, 0.2) is 10.8 Å². The quantitative estimate of drug-likeness (QED) is 0.813. The van der Waals surface area contributed by atoms with Crippen molar-refractivity contribution in [2.75, 3.05) is 0 Å². The van der Waals surface area contributed by atoms with E-state index in [4.69, 9.17) is 16.3 Å². The van der Waals surface area contributed by atoms with Crippen molar-refractivity contribution in [1.29, 1.82) is 0 Å². The molecule has 2 aromatic rings. The van der Waals surface area contributed by atoms with Crippen LogP contribution >= 0.6 is 27.5 Å². The molecule has 0 bridgehead atoms. The number of nitrogens with zero attached hydrogens (tertiary/aromatic N) is 2. The topological polar surface area (TPSA) is 55.2 Å². The molecule has 0 saturated heterocycles. The Balaban J connectivity index is 2.55. The van der Waals surface area contributed by atoms with E-state index >= 15 is 0 Å². The highest BCUT2D eigenvalue weighted by Gasteiger charge is 2.24. The van der Waals surface area contributed by atoms with Gasteiger partial charge >= 0.3 is 0 Å². The molecular weight excluding hydrogens is 295 g/mol. The zero-order valence-corrected chi connectivity index (χ0v) is 10.3. The van der Waals surface area contributed by atoms with Crippen LogP contribution in [-0.2, 0) is 18.0 Å². The monoisotopic (exact) mass is 300 g/mol. The Morgan fingerprint density at radius 3 is 2.88 bits per heavy atom. The highest BCUT2D eigenvalue weighted by Crippen LogP contribution is 2.42. The maximum Gasteiger partial charge on any atom is 0.222 e. The fourth-order valence-electron chi connectivity index (χ4n) is 1.91. The number of hydrogen-bond acceptors (Lipinski definition) is 4. The first-order chi connectivity index (χ1) is 7.70. The minimum atomic E-state index is -0.0545. The molecule has 4 nitrogen and oxygen atoms in total. The largest absolute Gasteiger partial charge is 0.493 e. The maximum atomic E-state index is 9.77. The number of benzene rings is 1. The average molecular weight is 302 g/mol. The first-order valence-electron chi connectivity index (χ1n) is 4.60. The molecule has 16 heavy (non-hydrogen) atoms. The van der Waals surface area contributed by atoms with Gasteiger partial charge in [-0.1, -0.05) is 11.6 Å². The van der Waals surface area contributed by atoms with E-state index in [9.17, 15) is 5.11 Å². The number of ether oxygens (including phenoxy) is 1. The number of halogens is 2. The lowest BCUT2D eigenvalue weighted by atomic mass is 10.1. The van der Waals surface area contributed by atoms with Gasteiger partial charge < -0.3 is 9.84 Å². The van der Waals surface area contributed by atoms with E-state index in [2.05, 4.69) is 25.9 Å². The highest BCUT2D eigenvalue weighted by atomic mass is 79.9. The molecule has 0 radical (unpaired) electrons. The minimum absolute atomic E-state index is 0.0545. The third-order valence-corrected chi connectivity index (χ3v) is 4.12. The van der Waals surface area contributed by atoms with Gasteiger partial charge in [0.05, 0.1) is 29.1 Å². The minimum Gasteiger partial charge on any atom is -0.493 e. The molecule has 2 heterocycles. The summed E-state index contributed by atoms with van der Waals surface area (Å²) in [5, 5.41) is 10.8. The summed E-state index contributed by atoms with van der Waals surface area (Å²) >= 11 is 9.60. The van der Waals surface area contributed by atoms with Crippen LogP contribution in [-0.4, -0.2) is 15.1 Å². The molecular formula is C10H6BrClN2O2. The second-order valence-electron chi connectivity index (χ2n) is 3.50. The van der Waals surface area contributed by atoms with Crippen LogP contribution in [0.1, 0.15) is 11.1 Å². The second kappa shape index (κ2) is 3.55. The fraction of sp³-hybridized carbons (Fsp3) is 0.200. The summed E-state index contributed by atoms with van der Waals surface area (Å²) in [6, 6.07) is 0. The summed E-state index contributed by atoms with van der Waals surface area (Å²) in [6.07, 6.45) is 1.29. The normalized spacial score (nSPS) is 14.4. The van der Waals surface area contributed by atoms with Crippen LogP contribution in [0.5, 0.6) is 5.88 Å². The molecule has 1 aliphatic rings. The fourth-order valence-corrected chi connectivity index (χ4v) is 2.70. The average Bonchev–Trinajstić information content (AvgIpc) is 2.74. The van der Waals surface area contributed by atoms with E-state index in [-0.39, 0.29) is 5.88 Å². The van der Waals surface area contributed by atoms with Gasteiger partial charge in [0.15, 0.2) is 0 Å². The Kier molecular flexibility index (Phi) is 2.27. The zero-order valence-electron chi connectivity index (χ0n) is 8.00. The van der Waals surface area contributed by atoms with Crippen molar-refractivity contribution < 1.29 is 9.84 Å². The highest BCUT2D eigenvalue weighted by molar-refractivity contribution is 9.10. The molecule has 6 heteroatoms. The second-order valence-corrected chi connectivity index (χ2v) is 4.67. The van der Waals surface area contributed by atoms with Crippen LogP contribution in [0.4, 0.5) is 0 Å². The SMILES string of the molecule is Oc1ncnc2c(Cl)c(Br)c3c(c12)COC3. The number of fused-ring (bicyclic) bond motifs is 3. The van der Waals surface area contributed by atoms with E-state index in [0.717, 1.165) is 15.6 Å². The lowest BCUT2D eigenvalue weighted by molar-refractivity contribution is 0.134. The molecule has 1 aromatic carbocycles. The molecule has 82 valence electrons. The predicted octanol–water partition coefficient (Wildman–Crippen LogP) is 2.78. The van der Waals surface area contributed by atoms with Crippen LogP contribution in [0.3, 0.4) is 0 Å². The lowest BCUT2D eigenvalue weighted by Crippen LogP contribution is -1.93. The molecule has 0 saturated carbocycles. The van der Waals surface area contributed by atoms with Crippen LogP contribution in [0.25, 0.3) is 10.9 Å². The maximum absolute atomic E-state index is 9.77. The van der Waals surface area contributed by atoms with Crippen LogP contribution in [0.2, 0.25) is 5.02 Å². The predicted molar refractivity (Wildman–Crippen MR) is 62.4 cm³/mol. The first kappa shape index (κ1) is 10.3. The summed E-state index contributed by atoms with van der Waals surface area (Å²) in [5.74, 6) is -0.0545. The summed E-state index contributed by atoms with van der Waals surface area (Å²) in [6.45, 7) is 0.933. The Hall–Kier alpha value is -0.910. The van der Waals surface area contributed by atoms with Crippen LogP contribution in [0, 0.1) is 0 Å². The Morgan fingerprint density at radius 2 is 2.06 bits per heavy atom. The molecule has 0 atom stereocenters. The number of aromatic hydroxyl groups is 1. The van der Waals surface area contributed by atoms with Gasteiger partial charge in [-0.05, 0) is 27.1 Å². The van der Waals surface area contributed by atoms with Gasteiger partial charge in [0, 0.05) is 4.47 Å². The van der Waals surface area contributed by atoms with Gasteiger partial charge in [0.25, 0.3) is 0 Å². The molecule has 0 spiro atoms. The summed E-state index contributed by atoms with van der Waals surface area (Å²) in [5.41, 5.74) is 2.41. The van der Waals surface area contributed by atoms with Crippen molar-refractivity contribution in [3.05, 3.63) is 26.9 Å². The van der Waals surface area contributed by atoms with Crippen molar-refractivity contribution in [3.63, 3.8) is 0 Å². The van der Waals surface area contributed by atoms with Gasteiger partial charge in [-0.2, -0.15) is 0 Å². The molecule has 0 amide bonds. The van der Waals surface area contributed by atoms with E-state index < -0.39 is 0 Å². The van der Waals surface area contributed by atoms with Crippen LogP contribution < -0.4 is 0 Å². The Labute approximate surface area is 104 Å². The van der Waals surface area contributed by atoms with Gasteiger partial charge in [0.1, 0.15) is 6.33 Å². The molecule has 1 aromatic heterocycles. The molecule has 0 aliphatic carbocycles. The summed E-state index contributed by atoms with van der Waals surface area (Å²) < 4.78 is 6.14. The standard InChI is InChI=1S/C10H6BrClN2O2/c11-7-5-2-16-1-4(5)6-9(8(7)12)13-3-14-10(6)15/h3H,1-2H2,(H,13,14,15). The van der Waals surface area contributed by atoms with E-state index in [1.807, 2.05) is 0 Å². The number of hydrogen-bond donors (Lipinski definition) is 1. The van der Waals surface area contributed by atoms with Crippen molar-refractivity contribution in [2.24, 2.45) is 0 Å². The Morgan fingerprint density at radius 1 is 1.31 bits per heavy atom. The summed E-state index contributed by atoms with van der Waals surface area (Å²) in [4.78, 5) is 7.86. The third kappa shape index (κ3) is 1.25. The number of rotatable bonds is 0. The van der Waals surface area contributed by atoms with Gasteiger partial charge in [0.2, 0.25) is 5.88 Å². The smallest absolute Gasteiger partial charge is 0.222 e. The van der Waals surface area contributed by atoms with E-state index in [1.54, 1.807) is 0 Å². The molecule has 1 aliphatic heterocycles. The Bertz CT molecular complexity index is 603. The number of aromatic nitrogens is 2. The van der Waals surface area contributed by atoms with Crippen molar-refractivity contribution in [3.8, 4) is 5.88 Å². The molecule has 3 rings (SSSR count). The van der Waals surface area contributed by atoms with Gasteiger partial charge in [-0.3, -0.25) is 0 Å². The van der Waals surface area contributed by atoms with Crippen molar-refractivity contribution >= 4 is 38.4 Å². The van der Waals surface area contributed by atoms with Gasteiger partial charge in [-0.25, -0.2) is 9.97 Å². The third-order valence-electron chi connectivity index (χ3n) is 2.65. The first-order valence-corrected chi connectivity index (χ1v) is 5.77. The summed E-state index contributed by atoms with van der Waals surface area (Å²) in [7, 11) is 0. The van der Waals surface area contributed by atoms with E-state index in [1.165, 1.54) is 6.33 Å². The zero-order chi connectivity index (χ0) is 11.3.